The van der Waals surface area contributed by atoms with Gasteiger partial charge in [-0.3, -0.25) is 9.58 Å². The Kier molecular flexibility index (Phi) is 4.81. The van der Waals surface area contributed by atoms with Crippen LogP contribution in [-0.4, -0.2) is 44.3 Å². The zero-order chi connectivity index (χ0) is 14.8. The minimum Gasteiger partial charge on any atom is -0.311 e. The molecule has 1 unspecified atom stereocenters. The molecule has 5 nitrogen and oxygen atoms in total. The van der Waals surface area contributed by atoms with Crippen LogP contribution >= 0.6 is 0 Å². The number of piperazine rings is 1. The molecule has 0 aromatic carbocycles. The zero-order valence-corrected chi connectivity index (χ0v) is 13.6. The maximum absolute atomic E-state index is 4.40. The molecular formula is C15H29N5. The monoisotopic (exact) mass is 279 g/mol. The Hall–Kier alpha value is -0.940. The summed E-state index contributed by atoms with van der Waals surface area (Å²) in [6.45, 7) is 12.2. The topological polar surface area (TPSA) is 46.0 Å². The number of nitrogens with zero attached hydrogens (tertiary/aromatic N) is 4. The minimum atomic E-state index is 0.247. The van der Waals surface area contributed by atoms with E-state index in [1.54, 1.807) is 6.33 Å². The Labute approximate surface area is 122 Å². The van der Waals surface area contributed by atoms with Crippen molar-refractivity contribution in [2.45, 2.75) is 58.7 Å². The average molecular weight is 279 g/mol. The van der Waals surface area contributed by atoms with Gasteiger partial charge in [-0.25, -0.2) is 4.98 Å². The van der Waals surface area contributed by atoms with Crippen LogP contribution in [0.2, 0.25) is 0 Å². The molecule has 0 bridgehead atoms. The van der Waals surface area contributed by atoms with Crippen molar-refractivity contribution in [2.24, 2.45) is 13.0 Å². The van der Waals surface area contributed by atoms with Crippen molar-refractivity contribution in [3.63, 3.8) is 0 Å². The molecule has 2 rings (SSSR count). The third-order valence-electron chi connectivity index (χ3n) is 5.04. The van der Waals surface area contributed by atoms with Gasteiger partial charge in [0, 0.05) is 31.7 Å². The molecule has 0 saturated carbocycles. The van der Waals surface area contributed by atoms with Gasteiger partial charge in [0.1, 0.15) is 12.2 Å². The largest absolute Gasteiger partial charge is 0.311 e. The molecular weight excluding hydrogens is 250 g/mol. The van der Waals surface area contributed by atoms with E-state index in [1.807, 2.05) is 11.7 Å². The standard InChI is InChI=1S/C15H29N5/c1-6-15(7-2)10-16-13(12(3)4)8-20(15)9-14-17-11-18-19(14)5/h11-13,16H,6-10H2,1-5H3. The minimum absolute atomic E-state index is 0.247. The quantitative estimate of drug-likeness (QED) is 0.893. The molecule has 1 saturated heterocycles. The van der Waals surface area contributed by atoms with Crippen molar-refractivity contribution in [3.8, 4) is 0 Å². The summed E-state index contributed by atoms with van der Waals surface area (Å²) in [5, 5.41) is 7.95. The number of aryl methyl sites for hydroxylation is 1. The smallest absolute Gasteiger partial charge is 0.140 e. The molecule has 1 fully saturated rings. The fourth-order valence-electron chi connectivity index (χ4n) is 3.19. The maximum atomic E-state index is 4.40. The number of nitrogens with one attached hydrogen (secondary N) is 1. The van der Waals surface area contributed by atoms with Gasteiger partial charge >= 0.3 is 0 Å². The first-order valence-electron chi connectivity index (χ1n) is 7.83. The molecule has 0 spiro atoms. The second-order valence-corrected chi connectivity index (χ2v) is 6.34. The van der Waals surface area contributed by atoms with Crippen molar-refractivity contribution >= 4 is 0 Å². The van der Waals surface area contributed by atoms with Crippen LogP contribution in [-0.2, 0) is 13.6 Å². The van der Waals surface area contributed by atoms with E-state index in [0.717, 1.165) is 25.5 Å². The third kappa shape index (κ3) is 2.88. The summed E-state index contributed by atoms with van der Waals surface area (Å²) in [7, 11) is 1.98. The Morgan fingerprint density at radius 2 is 2.10 bits per heavy atom. The Balaban J connectivity index is 2.19. The molecule has 1 aliphatic heterocycles. The first kappa shape index (κ1) is 15.4. The SMILES string of the molecule is CCC1(CC)CNC(C(C)C)CN1Cc1ncnn1C. The zero-order valence-electron chi connectivity index (χ0n) is 13.6. The predicted octanol–water partition coefficient (Wildman–Crippen LogP) is 1.80. The number of aromatic nitrogens is 3. The molecule has 0 aliphatic carbocycles. The van der Waals surface area contributed by atoms with Gasteiger partial charge in [-0.15, -0.1) is 0 Å². The fraction of sp³-hybridized carbons (Fsp3) is 0.867. The summed E-state index contributed by atoms with van der Waals surface area (Å²) >= 11 is 0. The molecule has 1 N–H and O–H groups in total. The van der Waals surface area contributed by atoms with E-state index < -0.39 is 0 Å². The highest BCUT2D eigenvalue weighted by Gasteiger charge is 2.39. The lowest BCUT2D eigenvalue weighted by atomic mass is 9.85. The highest BCUT2D eigenvalue weighted by molar-refractivity contribution is 5.00. The van der Waals surface area contributed by atoms with Gasteiger partial charge in [-0.05, 0) is 18.8 Å². The maximum Gasteiger partial charge on any atom is 0.140 e. The Morgan fingerprint density at radius 1 is 1.40 bits per heavy atom. The van der Waals surface area contributed by atoms with Gasteiger partial charge < -0.3 is 5.32 Å². The molecule has 5 heteroatoms. The van der Waals surface area contributed by atoms with E-state index in [4.69, 9.17) is 0 Å². The molecule has 1 aliphatic rings. The van der Waals surface area contributed by atoms with Crippen molar-refractivity contribution in [2.75, 3.05) is 13.1 Å². The lowest BCUT2D eigenvalue weighted by molar-refractivity contribution is 0.0129. The number of hydrogen-bond acceptors (Lipinski definition) is 4. The summed E-state index contributed by atoms with van der Waals surface area (Å²) in [5.74, 6) is 1.71. The fourth-order valence-corrected chi connectivity index (χ4v) is 3.19. The van der Waals surface area contributed by atoms with Crippen molar-refractivity contribution in [1.29, 1.82) is 0 Å². The summed E-state index contributed by atoms with van der Waals surface area (Å²) in [6, 6.07) is 0.564. The van der Waals surface area contributed by atoms with Gasteiger partial charge in [0.05, 0.1) is 6.54 Å². The molecule has 1 atom stereocenters. The van der Waals surface area contributed by atoms with Crippen LogP contribution in [0.4, 0.5) is 0 Å². The van der Waals surface area contributed by atoms with E-state index in [0.29, 0.717) is 12.0 Å². The van der Waals surface area contributed by atoms with Crippen molar-refractivity contribution in [3.05, 3.63) is 12.2 Å². The summed E-state index contributed by atoms with van der Waals surface area (Å²) in [5.41, 5.74) is 0.247. The van der Waals surface area contributed by atoms with E-state index >= 15 is 0 Å². The second-order valence-electron chi connectivity index (χ2n) is 6.34. The van der Waals surface area contributed by atoms with Crippen LogP contribution in [0.25, 0.3) is 0 Å². The Morgan fingerprint density at radius 3 is 2.60 bits per heavy atom. The van der Waals surface area contributed by atoms with Gasteiger partial charge in [0.25, 0.3) is 0 Å². The lowest BCUT2D eigenvalue weighted by Crippen LogP contribution is -2.65. The van der Waals surface area contributed by atoms with Crippen LogP contribution in [0.3, 0.4) is 0 Å². The molecule has 1 aromatic rings. The van der Waals surface area contributed by atoms with Gasteiger partial charge in [-0.1, -0.05) is 27.7 Å². The van der Waals surface area contributed by atoms with E-state index in [-0.39, 0.29) is 5.54 Å². The highest BCUT2D eigenvalue weighted by Crippen LogP contribution is 2.29. The highest BCUT2D eigenvalue weighted by atomic mass is 15.4. The first-order chi connectivity index (χ1) is 9.52. The molecule has 0 amide bonds. The van der Waals surface area contributed by atoms with Crippen LogP contribution in [0.5, 0.6) is 0 Å². The second kappa shape index (κ2) is 6.22. The molecule has 0 radical (unpaired) electrons. The van der Waals surface area contributed by atoms with Gasteiger partial charge in [0.2, 0.25) is 0 Å². The van der Waals surface area contributed by atoms with Gasteiger partial charge in [0.15, 0.2) is 0 Å². The normalized spacial score (nSPS) is 23.4. The number of rotatable bonds is 5. The van der Waals surface area contributed by atoms with Crippen LogP contribution in [0.15, 0.2) is 6.33 Å². The average Bonchev–Trinajstić information content (AvgIpc) is 2.84. The molecule has 2 heterocycles. The van der Waals surface area contributed by atoms with Crippen molar-refractivity contribution < 1.29 is 0 Å². The summed E-state index contributed by atoms with van der Waals surface area (Å²) in [6.07, 6.45) is 3.98. The van der Waals surface area contributed by atoms with Crippen LogP contribution in [0, 0.1) is 5.92 Å². The van der Waals surface area contributed by atoms with Crippen molar-refractivity contribution in [1.82, 2.24) is 25.0 Å². The van der Waals surface area contributed by atoms with Crippen LogP contribution in [0.1, 0.15) is 46.4 Å². The molecule has 20 heavy (non-hydrogen) atoms. The van der Waals surface area contributed by atoms with E-state index in [9.17, 15) is 0 Å². The van der Waals surface area contributed by atoms with E-state index in [2.05, 4.69) is 48.0 Å². The van der Waals surface area contributed by atoms with E-state index in [1.165, 1.54) is 12.8 Å². The van der Waals surface area contributed by atoms with Crippen LogP contribution < -0.4 is 5.32 Å². The lowest BCUT2D eigenvalue weighted by Gasteiger charge is -2.50. The predicted molar refractivity (Wildman–Crippen MR) is 81.4 cm³/mol. The molecule has 1 aromatic heterocycles. The first-order valence-corrected chi connectivity index (χ1v) is 7.83. The van der Waals surface area contributed by atoms with Gasteiger partial charge in [-0.2, -0.15) is 5.10 Å². The summed E-state index contributed by atoms with van der Waals surface area (Å²) < 4.78 is 1.89. The molecule has 114 valence electrons. The summed E-state index contributed by atoms with van der Waals surface area (Å²) in [4.78, 5) is 7.03. The number of hydrogen-bond donors (Lipinski definition) is 1. The third-order valence-corrected chi connectivity index (χ3v) is 5.04. The Bertz CT molecular complexity index is 422.